The number of phenols is 1. The first-order chi connectivity index (χ1) is 13.4. The minimum Gasteiger partial charge on any atom is -0.504 e. The van der Waals surface area contributed by atoms with Gasteiger partial charge in [0.25, 0.3) is 5.91 Å². The van der Waals surface area contributed by atoms with Crippen molar-refractivity contribution in [1.29, 1.82) is 0 Å². The molecule has 0 aromatic heterocycles. The Bertz CT molecular complexity index is 972. The van der Waals surface area contributed by atoms with E-state index in [1.807, 2.05) is 6.07 Å². The molecule has 0 spiro atoms. The Hall–Kier alpha value is -3.26. The molecule has 2 aromatic carbocycles. The maximum atomic E-state index is 13.0. The van der Waals surface area contributed by atoms with Crippen LogP contribution in [0.4, 0.5) is 5.69 Å². The summed E-state index contributed by atoms with van der Waals surface area (Å²) in [5, 5.41) is 18.5. The number of amides is 1. The van der Waals surface area contributed by atoms with Crippen LogP contribution in [0.25, 0.3) is 6.08 Å². The number of nitrogens with zero attached hydrogens (tertiary/aromatic N) is 2. The number of hydrogen-bond donors (Lipinski definition) is 2. The third kappa shape index (κ3) is 4.01. The van der Waals surface area contributed by atoms with Gasteiger partial charge in [0.15, 0.2) is 16.7 Å². The molecule has 2 aromatic rings. The van der Waals surface area contributed by atoms with Crippen molar-refractivity contribution in [1.82, 2.24) is 0 Å². The molecule has 1 heterocycles. The van der Waals surface area contributed by atoms with E-state index in [9.17, 15) is 19.8 Å². The zero-order valence-corrected chi connectivity index (χ0v) is 16.0. The zero-order valence-electron chi connectivity index (χ0n) is 15.2. The van der Waals surface area contributed by atoms with Gasteiger partial charge < -0.3 is 14.9 Å². The van der Waals surface area contributed by atoms with Gasteiger partial charge in [-0.25, -0.2) is 4.99 Å². The van der Waals surface area contributed by atoms with Gasteiger partial charge in [-0.15, -0.1) is 0 Å². The van der Waals surface area contributed by atoms with Crippen molar-refractivity contribution >= 4 is 40.6 Å². The van der Waals surface area contributed by atoms with Gasteiger partial charge in [0.05, 0.1) is 12.8 Å². The molecule has 1 unspecified atom stereocenters. The summed E-state index contributed by atoms with van der Waals surface area (Å²) < 4.78 is 5.09. The lowest BCUT2D eigenvalue weighted by Crippen LogP contribution is -2.32. The van der Waals surface area contributed by atoms with E-state index in [0.717, 1.165) is 11.8 Å². The molecule has 144 valence electrons. The summed E-state index contributed by atoms with van der Waals surface area (Å²) >= 11 is 0.996. The van der Waals surface area contributed by atoms with E-state index in [-0.39, 0.29) is 23.1 Å². The second-order valence-corrected chi connectivity index (χ2v) is 7.24. The first kappa shape index (κ1) is 19.5. The van der Waals surface area contributed by atoms with Gasteiger partial charge in [-0.05, 0) is 42.8 Å². The third-order valence-corrected chi connectivity index (χ3v) is 5.02. The Morgan fingerprint density at radius 1 is 1.25 bits per heavy atom. The van der Waals surface area contributed by atoms with Crippen LogP contribution in [0.3, 0.4) is 0 Å². The number of carbonyl (C=O) groups excluding carboxylic acids is 1. The summed E-state index contributed by atoms with van der Waals surface area (Å²) in [6.45, 7) is 1.54. The first-order valence-electron chi connectivity index (χ1n) is 8.37. The van der Waals surface area contributed by atoms with Crippen molar-refractivity contribution in [3.63, 3.8) is 0 Å². The first-order valence-corrected chi connectivity index (χ1v) is 9.25. The van der Waals surface area contributed by atoms with Crippen molar-refractivity contribution in [3.05, 3.63) is 59.8 Å². The summed E-state index contributed by atoms with van der Waals surface area (Å²) in [6.07, 6.45) is 1.57. The predicted octanol–water partition coefficient (Wildman–Crippen LogP) is 3.35. The standard InChI is InChI=1S/C20H18N2O5S/c1-12(19(25)26)28-20-21-15(10-13-8-9-16(23)17(11-13)27-2)18(24)22(20)14-6-4-3-5-7-14/h3-12,23H,1-2H3,(H,25,26)/b15-10-. The predicted molar refractivity (Wildman–Crippen MR) is 109 cm³/mol. The minimum absolute atomic E-state index is 0.0108. The number of methoxy groups -OCH3 is 1. The van der Waals surface area contributed by atoms with Crippen LogP contribution in [0.5, 0.6) is 11.5 Å². The lowest BCUT2D eigenvalue weighted by molar-refractivity contribution is -0.136. The molecular formula is C20H18N2O5S. The van der Waals surface area contributed by atoms with Crippen molar-refractivity contribution in [3.8, 4) is 11.5 Å². The largest absolute Gasteiger partial charge is 0.504 e. The van der Waals surface area contributed by atoms with Crippen LogP contribution in [0.15, 0.2) is 59.2 Å². The molecule has 0 aliphatic carbocycles. The highest BCUT2D eigenvalue weighted by Gasteiger charge is 2.34. The molecule has 1 aliphatic rings. The summed E-state index contributed by atoms with van der Waals surface area (Å²) in [5.74, 6) is -1.09. The zero-order chi connectivity index (χ0) is 20.3. The highest BCUT2D eigenvalue weighted by molar-refractivity contribution is 8.15. The number of hydrogen-bond acceptors (Lipinski definition) is 6. The van der Waals surface area contributed by atoms with Crippen LogP contribution >= 0.6 is 11.8 Å². The second-order valence-electron chi connectivity index (χ2n) is 5.93. The summed E-state index contributed by atoms with van der Waals surface area (Å²) in [7, 11) is 1.43. The van der Waals surface area contributed by atoms with Gasteiger partial charge in [0.1, 0.15) is 10.9 Å². The van der Waals surface area contributed by atoms with Gasteiger partial charge >= 0.3 is 5.97 Å². The summed E-state index contributed by atoms with van der Waals surface area (Å²) in [6, 6.07) is 13.6. The fraction of sp³-hybridized carbons (Fsp3) is 0.150. The Morgan fingerprint density at radius 2 is 1.96 bits per heavy atom. The highest BCUT2D eigenvalue weighted by atomic mass is 32.2. The Morgan fingerprint density at radius 3 is 2.61 bits per heavy atom. The molecule has 0 radical (unpaired) electrons. The van der Waals surface area contributed by atoms with Crippen molar-refractivity contribution in [2.24, 2.45) is 4.99 Å². The minimum atomic E-state index is -0.992. The molecule has 28 heavy (non-hydrogen) atoms. The molecule has 0 saturated carbocycles. The monoisotopic (exact) mass is 398 g/mol. The van der Waals surface area contributed by atoms with E-state index < -0.39 is 11.2 Å². The number of para-hydroxylation sites is 1. The van der Waals surface area contributed by atoms with Crippen molar-refractivity contribution < 1.29 is 24.5 Å². The van der Waals surface area contributed by atoms with E-state index in [4.69, 9.17) is 4.74 Å². The SMILES string of the molecule is COc1cc(/C=C2\N=C(SC(C)C(=O)O)N(c3ccccc3)C2=O)ccc1O. The smallest absolute Gasteiger partial charge is 0.316 e. The lowest BCUT2D eigenvalue weighted by atomic mass is 10.1. The normalized spacial score (nSPS) is 16.2. The maximum Gasteiger partial charge on any atom is 0.316 e. The quantitative estimate of drug-likeness (QED) is 0.750. The van der Waals surface area contributed by atoms with Crippen LogP contribution in [-0.4, -0.2) is 39.6 Å². The number of phenolic OH excluding ortho intramolecular Hbond substituents is 1. The number of benzene rings is 2. The molecule has 1 amide bonds. The van der Waals surface area contributed by atoms with E-state index in [1.165, 1.54) is 25.0 Å². The molecular weight excluding hydrogens is 380 g/mol. The number of ether oxygens (including phenoxy) is 1. The highest BCUT2D eigenvalue weighted by Crippen LogP contribution is 2.32. The number of carboxylic acid groups (broad SMARTS) is 1. The molecule has 2 N–H and O–H groups in total. The lowest BCUT2D eigenvalue weighted by Gasteiger charge is -2.18. The Balaban J connectivity index is 2.01. The second kappa shape index (κ2) is 8.18. The average molecular weight is 398 g/mol. The van der Waals surface area contributed by atoms with Crippen molar-refractivity contribution in [2.45, 2.75) is 12.2 Å². The van der Waals surface area contributed by atoms with Gasteiger partial charge in [-0.3, -0.25) is 14.5 Å². The fourth-order valence-electron chi connectivity index (χ4n) is 2.53. The van der Waals surface area contributed by atoms with E-state index in [2.05, 4.69) is 4.99 Å². The topological polar surface area (TPSA) is 99.4 Å². The van der Waals surface area contributed by atoms with Gasteiger partial charge in [-0.1, -0.05) is 36.0 Å². The number of carbonyl (C=O) groups is 2. The van der Waals surface area contributed by atoms with Gasteiger partial charge in [-0.2, -0.15) is 0 Å². The Kier molecular flexibility index (Phi) is 5.70. The maximum absolute atomic E-state index is 13.0. The van der Waals surface area contributed by atoms with Crippen LogP contribution in [0.2, 0.25) is 0 Å². The number of aromatic hydroxyl groups is 1. The van der Waals surface area contributed by atoms with Crippen LogP contribution < -0.4 is 9.64 Å². The number of rotatable bonds is 5. The molecule has 3 rings (SSSR count). The molecule has 0 saturated heterocycles. The number of anilines is 1. The van der Waals surface area contributed by atoms with E-state index >= 15 is 0 Å². The molecule has 1 atom stereocenters. The number of amidine groups is 1. The molecule has 8 heteroatoms. The molecule has 7 nitrogen and oxygen atoms in total. The number of aliphatic imine (C=N–C) groups is 1. The van der Waals surface area contributed by atoms with E-state index in [0.29, 0.717) is 16.4 Å². The molecule has 0 fully saturated rings. The summed E-state index contributed by atoms with van der Waals surface area (Å²) in [5.41, 5.74) is 1.38. The fourth-order valence-corrected chi connectivity index (χ4v) is 3.39. The van der Waals surface area contributed by atoms with Gasteiger partial charge in [0, 0.05) is 0 Å². The van der Waals surface area contributed by atoms with E-state index in [1.54, 1.807) is 42.5 Å². The number of thioether (sulfide) groups is 1. The molecule has 0 bridgehead atoms. The Labute approximate surface area is 166 Å². The van der Waals surface area contributed by atoms with Crippen LogP contribution in [0.1, 0.15) is 12.5 Å². The third-order valence-electron chi connectivity index (χ3n) is 3.98. The average Bonchev–Trinajstić information content (AvgIpc) is 2.98. The van der Waals surface area contributed by atoms with Crippen molar-refractivity contribution in [2.75, 3.05) is 12.0 Å². The van der Waals surface area contributed by atoms with Gasteiger partial charge in [0.2, 0.25) is 0 Å². The summed E-state index contributed by atoms with van der Waals surface area (Å²) in [4.78, 5) is 30.0. The van der Waals surface area contributed by atoms with Crippen LogP contribution in [-0.2, 0) is 9.59 Å². The molecule has 1 aliphatic heterocycles. The number of aliphatic carboxylic acids is 1. The van der Waals surface area contributed by atoms with Crippen LogP contribution in [0, 0.1) is 0 Å². The number of carboxylic acids is 1.